The van der Waals surface area contributed by atoms with Crippen LogP contribution in [0, 0.1) is 5.41 Å². The minimum atomic E-state index is 0.497. The SMILES string of the molecule is C=C(CNCC)CN1CCCC(C)(C)C1. The van der Waals surface area contributed by atoms with E-state index in [1.807, 2.05) is 0 Å². The number of rotatable bonds is 5. The molecule has 2 heteroatoms. The third kappa shape index (κ3) is 4.80. The zero-order valence-corrected chi connectivity index (χ0v) is 10.6. The number of nitrogens with one attached hydrogen (secondary N) is 1. The average Bonchev–Trinajstić information content (AvgIpc) is 2.13. The van der Waals surface area contributed by atoms with E-state index in [9.17, 15) is 0 Å². The summed E-state index contributed by atoms with van der Waals surface area (Å²) in [7, 11) is 0. The summed E-state index contributed by atoms with van der Waals surface area (Å²) in [6, 6.07) is 0. The molecule has 1 rings (SSSR count). The molecule has 88 valence electrons. The number of likely N-dealkylation sites (N-methyl/N-ethyl adjacent to an activating group) is 1. The van der Waals surface area contributed by atoms with Crippen LogP contribution in [0.15, 0.2) is 12.2 Å². The Kier molecular flexibility index (Phi) is 4.81. The quantitative estimate of drug-likeness (QED) is 0.700. The van der Waals surface area contributed by atoms with Crippen LogP contribution in [-0.2, 0) is 0 Å². The van der Waals surface area contributed by atoms with Gasteiger partial charge < -0.3 is 5.32 Å². The van der Waals surface area contributed by atoms with Crippen molar-refractivity contribution in [1.29, 1.82) is 0 Å². The van der Waals surface area contributed by atoms with Crippen molar-refractivity contribution in [3.05, 3.63) is 12.2 Å². The van der Waals surface area contributed by atoms with Gasteiger partial charge >= 0.3 is 0 Å². The lowest BCUT2D eigenvalue weighted by molar-refractivity contribution is 0.126. The maximum absolute atomic E-state index is 4.13. The number of piperidine rings is 1. The minimum absolute atomic E-state index is 0.497. The number of likely N-dealkylation sites (tertiary alicyclic amines) is 1. The van der Waals surface area contributed by atoms with Crippen molar-refractivity contribution in [3.63, 3.8) is 0 Å². The van der Waals surface area contributed by atoms with Gasteiger partial charge in [-0.05, 0) is 36.9 Å². The van der Waals surface area contributed by atoms with E-state index in [1.54, 1.807) is 0 Å². The minimum Gasteiger partial charge on any atom is -0.313 e. The van der Waals surface area contributed by atoms with Gasteiger partial charge in [-0.15, -0.1) is 0 Å². The van der Waals surface area contributed by atoms with Crippen LogP contribution in [0.4, 0.5) is 0 Å². The highest BCUT2D eigenvalue weighted by Crippen LogP contribution is 2.28. The van der Waals surface area contributed by atoms with Crippen molar-refractivity contribution < 1.29 is 0 Å². The second-order valence-electron chi connectivity index (χ2n) is 5.51. The lowest BCUT2D eigenvalue weighted by Crippen LogP contribution is -2.41. The van der Waals surface area contributed by atoms with Crippen molar-refractivity contribution in [2.75, 3.05) is 32.7 Å². The molecular weight excluding hydrogens is 184 g/mol. The lowest BCUT2D eigenvalue weighted by atomic mass is 9.84. The maximum Gasteiger partial charge on any atom is 0.0203 e. The van der Waals surface area contributed by atoms with E-state index in [4.69, 9.17) is 0 Å². The van der Waals surface area contributed by atoms with Gasteiger partial charge in [0.25, 0.3) is 0 Å². The first-order valence-electron chi connectivity index (χ1n) is 6.13. The molecule has 0 amide bonds. The molecule has 0 spiro atoms. The van der Waals surface area contributed by atoms with Crippen molar-refractivity contribution in [2.24, 2.45) is 5.41 Å². The highest BCUT2D eigenvalue weighted by atomic mass is 15.1. The Morgan fingerprint density at radius 1 is 1.47 bits per heavy atom. The topological polar surface area (TPSA) is 15.3 Å². The van der Waals surface area contributed by atoms with E-state index in [0.29, 0.717) is 5.41 Å². The van der Waals surface area contributed by atoms with Gasteiger partial charge in [0.1, 0.15) is 0 Å². The van der Waals surface area contributed by atoms with E-state index in [1.165, 1.54) is 31.5 Å². The summed E-state index contributed by atoms with van der Waals surface area (Å²) in [6.07, 6.45) is 2.70. The van der Waals surface area contributed by atoms with Crippen LogP contribution in [0.2, 0.25) is 0 Å². The largest absolute Gasteiger partial charge is 0.313 e. The fourth-order valence-electron chi connectivity index (χ4n) is 2.35. The molecule has 1 aliphatic rings. The fourth-order valence-corrected chi connectivity index (χ4v) is 2.35. The Labute approximate surface area is 94.7 Å². The predicted octanol–water partition coefficient (Wildman–Crippen LogP) is 2.27. The zero-order valence-electron chi connectivity index (χ0n) is 10.6. The highest BCUT2D eigenvalue weighted by Gasteiger charge is 2.26. The summed E-state index contributed by atoms with van der Waals surface area (Å²) in [5.74, 6) is 0. The molecule has 0 saturated carbocycles. The van der Waals surface area contributed by atoms with E-state index in [2.05, 4.69) is 37.6 Å². The van der Waals surface area contributed by atoms with Gasteiger partial charge in [0.15, 0.2) is 0 Å². The molecule has 1 heterocycles. The number of hydrogen-bond acceptors (Lipinski definition) is 2. The molecule has 15 heavy (non-hydrogen) atoms. The predicted molar refractivity (Wildman–Crippen MR) is 67.1 cm³/mol. The fraction of sp³-hybridized carbons (Fsp3) is 0.846. The standard InChI is InChI=1S/C13H26N2/c1-5-14-9-12(2)10-15-8-6-7-13(3,4)11-15/h14H,2,5-11H2,1,3-4H3. The van der Waals surface area contributed by atoms with Crippen LogP contribution >= 0.6 is 0 Å². The first-order valence-corrected chi connectivity index (χ1v) is 6.13. The lowest BCUT2D eigenvalue weighted by Gasteiger charge is -2.38. The van der Waals surface area contributed by atoms with Crippen LogP contribution in [-0.4, -0.2) is 37.6 Å². The van der Waals surface area contributed by atoms with E-state index in [-0.39, 0.29) is 0 Å². The normalized spacial score (nSPS) is 21.5. The Hall–Kier alpha value is -0.340. The number of hydrogen-bond donors (Lipinski definition) is 1. The van der Waals surface area contributed by atoms with Gasteiger partial charge in [0, 0.05) is 19.6 Å². The molecule has 0 aromatic carbocycles. The Morgan fingerprint density at radius 3 is 2.80 bits per heavy atom. The molecule has 0 atom stereocenters. The molecule has 1 saturated heterocycles. The van der Waals surface area contributed by atoms with Gasteiger partial charge in [0.2, 0.25) is 0 Å². The summed E-state index contributed by atoms with van der Waals surface area (Å²) in [6.45, 7) is 16.5. The van der Waals surface area contributed by atoms with E-state index < -0.39 is 0 Å². The summed E-state index contributed by atoms with van der Waals surface area (Å²) in [5.41, 5.74) is 1.81. The third-order valence-corrected chi connectivity index (χ3v) is 3.05. The molecule has 1 fully saturated rings. The molecule has 0 radical (unpaired) electrons. The van der Waals surface area contributed by atoms with Crippen molar-refractivity contribution in [1.82, 2.24) is 10.2 Å². The van der Waals surface area contributed by atoms with Gasteiger partial charge in [-0.1, -0.05) is 27.4 Å². The van der Waals surface area contributed by atoms with Gasteiger partial charge in [-0.2, -0.15) is 0 Å². The third-order valence-electron chi connectivity index (χ3n) is 3.05. The summed E-state index contributed by atoms with van der Waals surface area (Å²) >= 11 is 0. The second kappa shape index (κ2) is 5.66. The van der Waals surface area contributed by atoms with Gasteiger partial charge in [-0.3, -0.25) is 4.90 Å². The average molecular weight is 210 g/mol. The monoisotopic (exact) mass is 210 g/mol. The molecule has 0 aliphatic carbocycles. The smallest absolute Gasteiger partial charge is 0.0203 e. The van der Waals surface area contributed by atoms with E-state index in [0.717, 1.165) is 19.6 Å². The van der Waals surface area contributed by atoms with Crippen LogP contribution < -0.4 is 5.32 Å². The van der Waals surface area contributed by atoms with Crippen LogP contribution in [0.1, 0.15) is 33.6 Å². The molecule has 0 unspecified atom stereocenters. The molecule has 0 aromatic heterocycles. The van der Waals surface area contributed by atoms with Gasteiger partial charge in [0.05, 0.1) is 0 Å². The maximum atomic E-state index is 4.13. The second-order valence-corrected chi connectivity index (χ2v) is 5.51. The van der Waals surface area contributed by atoms with Crippen LogP contribution in [0.5, 0.6) is 0 Å². The van der Waals surface area contributed by atoms with Crippen molar-refractivity contribution >= 4 is 0 Å². The molecule has 0 aromatic rings. The Bertz CT molecular complexity index is 209. The summed E-state index contributed by atoms with van der Waals surface area (Å²) in [4.78, 5) is 2.54. The molecule has 2 nitrogen and oxygen atoms in total. The zero-order chi connectivity index (χ0) is 11.3. The van der Waals surface area contributed by atoms with Crippen molar-refractivity contribution in [3.8, 4) is 0 Å². The molecular formula is C13H26N2. The molecule has 1 N–H and O–H groups in total. The van der Waals surface area contributed by atoms with E-state index >= 15 is 0 Å². The molecule has 0 bridgehead atoms. The molecule has 1 aliphatic heterocycles. The summed E-state index contributed by atoms with van der Waals surface area (Å²) in [5, 5.41) is 3.33. The number of nitrogens with zero attached hydrogens (tertiary/aromatic N) is 1. The first-order chi connectivity index (χ1) is 7.03. The van der Waals surface area contributed by atoms with Crippen molar-refractivity contribution in [2.45, 2.75) is 33.6 Å². The van der Waals surface area contributed by atoms with Crippen LogP contribution in [0.3, 0.4) is 0 Å². The van der Waals surface area contributed by atoms with Crippen LogP contribution in [0.25, 0.3) is 0 Å². The first kappa shape index (κ1) is 12.7. The highest BCUT2D eigenvalue weighted by molar-refractivity contribution is 5.00. The summed E-state index contributed by atoms with van der Waals surface area (Å²) < 4.78 is 0. The Morgan fingerprint density at radius 2 is 2.20 bits per heavy atom. The van der Waals surface area contributed by atoms with Gasteiger partial charge in [-0.25, -0.2) is 0 Å². The Balaban J connectivity index is 2.28.